The lowest BCUT2D eigenvalue weighted by molar-refractivity contribution is 0.299. The van der Waals surface area contributed by atoms with Gasteiger partial charge in [-0.15, -0.1) is 0 Å². The molecule has 2 aliphatic heterocycles. The summed E-state index contributed by atoms with van der Waals surface area (Å²) < 4.78 is 11.2. The van der Waals surface area contributed by atoms with E-state index in [2.05, 4.69) is 22.9 Å². The number of rotatable bonds is 4. The van der Waals surface area contributed by atoms with Crippen LogP contribution < -0.4 is 9.47 Å². The summed E-state index contributed by atoms with van der Waals surface area (Å²) >= 11 is 1.83. The summed E-state index contributed by atoms with van der Waals surface area (Å²) in [5, 5.41) is 1.63. The van der Waals surface area contributed by atoms with E-state index in [-0.39, 0.29) is 12.1 Å². The maximum atomic E-state index is 5.71. The van der Waals surface area contributed by atoms with Crippen LogP contribution in [-0.2, 0) is 0 Å². The average Bonchev–Trinajstić information content (AvgIpc) is 3.17. The lowest BCUT2D eigenvalue weighted by Gasteiger charge is -2.29. The Morgan fingerprint density at radius 1 is 1.12 bits per heavy atom. The van der Waals surface area contributed by atoms with E-state index in [1.807, 2.05) is 48.3 Å². The van der Waals surface area contributed by atoms with Crippen molar-refractivity contribution in [2.45, 2.75) is 24.3 Å². The molecule has 1 aromatic heterocycles. The smallest absolute Gasteiger partial charge is 0.166 e. The summed E-state index contributed by atoms with van der Waals surface area (Å²) in [6.45, 7) is 3.21. The van der Waals surface area contributed by atoms with Crippen molar-refractivity contribution >= 4 is 16.9 Å². The van der Waals surface area contributed by atoms with Gasteiger partial charge in [0, 0.05) is 23.6 Å². The Kier molecular flexibility index (Phi) is 4.29. The molecule has 3 heterocycles. The van der Waals surface area contributed by atoms with Crippen LogP contribution in [0.5, 0.6) is 11.5 Å². The third-order valence-corrected chi connectivity index (χ3v) is 5.74. The lowest BCUT2D eigenvalue weighted by Crippen LogP contribution is -2.29. The molecule has 0 bridgehead atoms. The van der Waals surface area contributed by atoms with Gasteiger partial charge in [-0.2, -0.15) is 0 Å². The Morgan fingerprint density at radius 3 is 2.72 bits per heavy atom. The normalized spacial score (nSPS) is 24.8. The van der Waals surface area contributed by atoms with E-state index in [4.69, 9.17) is 14.5 Å². The van der Waals surface area contributed by atoms with Crippen molar-refractivity contribution in [3.63, 3.8) is 0 Å². The van der Waals surface area contributed by atoms with Gasteiger partial charge in [-0.25, -0.2) is 0 Å². The molecule has 3 atom stereocenters. The zero-order valence-corrected chi connectivity index (χ0v) is 15.4. The standard InChI is InChI=1S/C19H21N3O2S/c1-12-11-22-17(13-7-6-9-15(23-2)18(13)24-3)16(21-19(22)25-12)14-8-4-5-10-20-14/h4-10,12,16-17H,11H2,1-3H3/t12-,16+,17+/m0/s1. The molecule has 0 amide bonds. The summed E-state index contributed by atoms with van der Waals surface area (Å²) in [6.07, 6.45) is 1.83. The van der Waals surface area contributed by atoms with Crippen LogP contribution >= 0.6 is 11.8 Å². The first-order chi connectivity index (χ1) is 12.2. The van der Waals surface area contributed by atoms with Crippen molar-refractivity contribution in [3.05, 3.63) is 53.9 Å². The lowest BCUT2D eigenvalue weighted by atomic mass is 9.95. The van der Waals surface area contributed by atoms with Crippen LogP contribution in [0, 0.1) is 0 Å². The van der Waals surface area contributed by atoms with Crippen LogP contribution in [0.3, 0.4) is 0 Å². The third-order valence-electron chi connectivity index (χ3n) is 4.63. The van der Waals surface area contributed by atoms with Crippen LogP contribution in [0.15, 0.2) is 47.6 Å². The minimum absolute atomic E-state index is 0.0443. The molecule has 1 saturated heterocycles. The SMILES string of the molecule is COc1cccc([C@@H]2[C@@H](c3ccccn3)N=C3S[C@@H](C)CN32)c1OC. The molecule has 1 fully saturated rings. The summed E-state index contributed by atoms with van der Waals surface area (Å²) in [7, 11) is 3.36. The van der Waals surface area contributed by atoms with E-state index in [0.717, 1.165) is 34.5 Å². The number of aromatic nitrogens is 1. The van der Waals surface area contributed by atoms with Gasteiger partial charge in [-0.1, -0.05) is 36.9 Å². The van der Waals surface area contributed by atoms with Crippen molar-refractivity contribution < 1.29 is 9.47 Å². The van der Waals surface area contributed by atoms with Gasteiger partial charge < -0.3 is 14.4 Å². The Hall–Kier alpha value is -2.21. The molecule has 6 heteroatoms. The van der Waals surface area contributed by atoms with Crippen LogP contribution in [0.25, 0.3) is 0 Å². The Bertz CT molecular complexity index is 797. The number of pyridine rings is 1. The Balaban J connectivity index is 1.83. The molecule has 2 aliphatic rings. The second-order valence-electron chi connectivity index (χ2n) is 6.22. The number of amidine groups is 1. The van der Waals surface area contributed by atoms with E-state index in [9.17, 15) is 0 Å². The van der Waals surface area contributed by atoms with Crippen molar-refractivity contribution in [2.75, 3.05) is 20.8 Å². The summed E-state index contributed by atoms with van der Waals surface area (Å²) in [5.74, 6) is 1.52. The molecule has 0 N–H and O–H groups in total. The third kappa shape index (κ3) is 2.74. The molecule has 0 radical (unpaired) electrons. The van der Waals surface area contributed by atoms with E-state index in [1.165, 1.54) is 0 Å². The van der Waals surface area contributed by atoms with Crippen LogP contribution in [0.4, 0.5) is 0 Å². The van der Waals surface area contributed by atoms with Gasteiger partial charge in [0.1, 0.15) is 6.04 Å². The highest BCUT2D eigenvalue weighted by Crippen LogP contribution is 2.50. The predicted octanol–water partition coefficient (Wildman–Crippen LogP) is 3.69. The quantitative estimate of drug-likeness (QED) is 0.837. The minimum Gasteiger partial charge on any atom is -0.493 e. The van der Waals surface area contributed by atoms with Gasteiger partial charge in [0.2, 0.25) is 0 Å². The van der Waals surface area contributed by atoms with Gasteiger partial charge >= 0.3 is 0 Å². The first-order valence-corrected chi connectivity index (χ1v) is 9.23. The fraction of sp³-hybridized carbons (Fsp3) is 0.368. The second-order valence-corrected chi connectivity index (χ2v) is 7.63. The van der Waals surface area contributed by atoms with Crippen molar-refractivity contribution in [1.29, 1.82) is 0 Å². The predicted molar refractivity (Wildman–Crippen MR) is 100 cm³/mol. The Morgan fingerprint density at radius 2 is 2.00 bits per heavy atom. The highest BCUT2D eigenvalue weighted by molar-refractivity contribution is 8.14. The number of benzene rings is 1. The minimum atomic E-state index is -0.0443. The summed E-state index contributed by atoms with van der Waals surface area (Å²) in [6, 6.07) is 12.1. The van der Waals surface area contributed by atoms with Gasteiger partial charge in [-0.05, 0) is 18.2 Å². The maximum Gasteiger partial charge on any atom is 0.166 e. The molecule has 130 valence electrons. The number of nitrogens with zero attached hydrogens (tertiary/aromatic N) is 3. The summed E-state index contributed by atoms with van der Waals surface area (Å²) in [5.41, 5.74) is 2.07. The van der Waals surface area contributed by atoms with Crippen LogP contribution in [0.1, 0.15) is 30.3 Å². The zero-order valence-electron chi connectivity index (χ0n) is 14.5. The number of aliphatic imine (C=N–C) groups is 1. The number of fused-ring (bicyclic) bond motifs is 1. The molecular formula is C19H21N3O2S. The highest BCUT2D eigenvalue weighted by atomic mass is 32.2. The average molecular weight is 355 g/mol. The maximum absolute atomic E-state index is 5.71. The first-order valence-electron chi connectivity index (χ1n) is 8.36. The summed E-state index contributed by atoms with van der Waals surface area (Å²) in [4.78, 5) is 12.0. The molecule has 4 rings (SSSR count). The van der Waals surface area contributed by atoms with Gasteiger partial charge in [0.15, 0.2) is 16.7 Å². The topological polar surface area (TPSA) is 47.0 Å². The molecule has 2 aromatic rings. The largest absolute Gasteiger partial charge is 0.493 e. The number of ether oxygens (including phenoxy) is 2. The van der Waals surface area contributed by atoms with E-state index in [1.54, 1.807) is 14.2 Å². The van der Waals surface area contributed by atoms with Crippen LogP contribution in [-0.4, -0.2) is 41.1 Å². The van der Waals surface area contributed by atoms with E-state index in [0.29, 0.717) is 5.25 Å². The number of hydrogen-bond acceptors (Lipinski definition) is 6. The number of methoxy groups -OCH3 is 2. The van der Waals surface area contributed by atoms with Crippen LogP contribution in [0.2, 0.25) is 0 Å². The van der Waals surface area contributed by atoms with E-state index >= 15 is 0 Å². The van der Waals surface area contributed by atoms with Gasteiger partial charge in [-0.3, -0.25) is 9.98 Å². The molecule has 25 heavy (non-hydrogen) atoms. The molecule has 0 aliphatic carbocycles. The fourth-order valence-corrected chi connectivity index (χ4v) is 4.69. The van der Waals surface area contributed by atoms with E-state index < -0.39 is 0 Å². The monoisotopic (exact) mass is 355 g/mol. The number of para-hydroxylation sites is 1. The highest BCUT2D eigenvalue weighted by Gasteiger charge is 2.44. The van der Waals surface area contributed by atoms with Crippen molar-refractivity contribution in [3.8, 4) is 11.5 Å². The molecule has 0 saturated carbocycles. The van der Waals surface area contributed by atoms with Gasteiger partial charge in [0.05, 0.1) is 26.0 Å². The molecule has 0 spiro atoms. The van der Waals surface area contributed by atoms with Gasteiger partial charge in [0.25, 0.3) is 0 Å². The van der Waals surface area contributed by atoms with Crippen molar-refractivity contribution in [2.24, 2.45) is 4.99 Å². The fourth-order valence-electron chi connectivity index (χ4n) is 3.60. The zero-order chi connectivity index (χ0) is 17.4. The second kappa shape index (κ2) is 6.59. The first kappa shape index (κ1) is 16.3. The molecular weight excluding hydrogens is 334 g/mol. The van der Waals surface area contributed by atoms with Crippen molar-refractivity contribution in [1.82, 2.24) is 9.88 Å². The number of hydrogen-bond donors (Lipinski definition) is 0. The molecule has 1 aromatic carbocycles. The molecule has 0 unspecified atom stereocenters. The molecule has 5 nitrogen and oxygen atoms in total. The number of thioether (sulfide) groups is 1. The Labute approximate surface area is 152 Å².